The number of carbonyl (C=O) groups excluding carboxylic acids is 1. The van der Waals surface area contributed by atoms with Crippen molar-refractivity contribution in [3.05, 3.63) is 59.1 Å². The molecule has 2 aromatic rings. The van der Waals surface area contributed by atoms with Crippen LogP contribution < -0.4 is 14.5 Å². The normalized spacial score (nSPS) is 11.0. The van der Waals surface area contributed by atoms with Crippen LogP contribution >= 0.6 is 15.9 Å². The zero-order valence-corrected chi connectivity index (χ0v) is 17.1. The Morgan fingerprint density at radius 3 is 2.23 bits per heavy atom. The van der Waals surface area contributed by atoms with Gasteiger partial charge in [0.1, 0.15) is 6.54 Å². The summed E-state index contributed by atoms with van der Waals surface area (Å²) in [6, 6.07) is 16.6. The van der Waals surface area contributed by atoms with E-state index in [9.17, 15) is 13.2 Å². The molecule has 2 aromatic carbocycles. The zero-order chi connectivity index (χ0) is 19.2. The first-order valence-corrected chi connectivity index (χ1v) is 10.7. The molecule has 0 unspecified atom stereocenters. The first-order chi connectivity index (χ1) is 12.3. The average molecular weight is 440 g/mol. The van der Waals surface area contributed by atoms with Gasteiger partial charge >= 0.3 is 0 Å². The molecule has 1 N–H and O–H groups in total. The third-order valence-electron chi connectivity index (χ3n) is 3.77. The van der Waals surface area contributed by atoms with Crippen molar-refractivity contribution >= 4 is 43.2 Å². The predicted molar refractivity (Wildman–Crippen MR) is 109 cm³/mol. The highest BCUT2D eigenvalue weighted by Crippen LogP contribution is 2.20. The molecule has 2 rings (SSSR count). The number of anilines is 2. The quantitative estimate of drug-likeness (QED) is 0.685. The Balaban J connectivity index is 1.92. The van der Waals surface area contributed by atoms with Gasteiger partial charge in [-0.3, -0.25) is 9.10 Å². The Morgan fingerprint density at radius 1 is 1.04 bits per heavy atom. The number of halogens is 1. The number of nitrogens with zero attached hydrogens (tertiary/aromatic N) is 2. The van der Waals surface area contributed by atoms with E-state index in [4.69, 9.17) is 0 Å². The summed E-state index contributed by atoms with van der Waals surface area (Å²) >= 11 is 3.31. The molecule has 0 spiro atoms. The summed E-state index contributed by atoms with van der Waals surface area (Å²) in [4.78, 5) is 14.2. The molecular formula is C18H22BrN3O3S. The van der Waals surface area contributed by atoms with Crippen LogP contribution in [0.3, 0.4) is 0 Å². The van der Waals surface area contributed by atoms with E-state index in [2.05, 4.69) is 21.2 Å². The summed E-state index contributed by atoms with van der Waals surface area (Å²) in [7, 11) is -1.63. The maximum absolute atomic E-state index is 12.2. The van der Waals surface area contributed by atoms with E-state index in [1.165, 1.54) is 0 Å². The predicted octanol–water partition coefficient (Wildman–Crippen LogP) is 2.47. The number of nitrogens with one attached hydrogen (secondary N) is 1. The Hall–Kier alpha value is -2.06. The van der Waals surface area contributed by atoms with Crippen molar-refractivity contribution in [1.82, 2.24) is 5.32 Å². The molecule has 0 radical (unpaired) electrons. The van der Waals surface area contributed by atoms with Gasteiger partial charge in [-0.15, -0.1) is 0 Å². The Kier molecular flexibility index (Phi) is 7.05. The zero-order valence-electron chi connectivity index (χ0n) is 14.7. The van der Waals surface area contributed by atoms with E-state index >= 15 is 0 Å². The average Bonchev–Trinajstić information content (AvgIpc) is 2.60. The summed E-state index contributed by atoms with van der Waals surface area (Å²) < 4.78 is 26.0. The number of sulfonamides is 1. The van der Waals surface area contributed by atoms with Crippen LogP contribution in [0.5, 0.6) is 0 Å². The summed E-state index contributed by atoms with van der Waals surface area (Å²) in [5, 5.41) is 2.77. The lowest BCUT2D eigenvalue weighted by Crippen LogP contribution is -2.42. The van der Waals surface area contributed by atoms with Gasteiger partial charge in [0.05, 0.1) is 11.9 Å². The van der Waals surface area contributed by atoms with Crippen LogP contribution in [0.2, 0.25) is 0 Å². The van der Waals surface area contributed by atoms with Gasteiger partial charge in [-0.1, -0.05) is 34.1 Å². The third kappa shape index (κ3) is 6.03. The minimum Gasteiger partial charge on any atom is -0.373 e. The highest BCUT2D eigenvalue weighted by molar-refractivity contribution is 9.10. The molecular weight excluding hydrogens is 418 g/mol. The molecule has 8 heteroatoms. The number of likely N-dealkylation sites (N-methyl/N-ethyl adjacent to an activating group) is 1. The first-order valence-electron chi connectivity index (χ1n) is 8.03. The Morgan fingerprint density at radius 2 is 1.65 bits per heavy atom. The molecule has 0 heterocycles. The fraction of sp³-hybridized carbons (Fsp3) is 0.278. The summed E-state index contributed by atoms with van der Waals surface area (Å²) in [6.45, 7) is 0.782. The molecule has 0 aliphatic rings. The van der Waals surface area contributed by atoms with Crippen LogP contribution in [0.25, 0.3) is 0 Å². The van der Waals surface area contributed by atoms with Gasteiger partial charge < -0.3 is 10.2 Å². The number of amides is 1. The fourth-order valence-electron chi connectivity index (χ4n) is 2.37. The maximum Gasteiger partial charge on any atom is 0.240 e. The second-order valence-corrected chi connectivity index (χ2v) is 8.68. The molecule has 0 saturated heterocycles. The van der Waals surface area contributed by atoms with E-state index in [1.807, 2.05) is 42.3 Å². The topological polar surface area (TPSA) is 69.7 Å². The van der Waals surface area contributed by atoms with E-state index < -0.39 is 10.0 Å². The van der Waals surface area contributed by atoms with Gasteiger partial charge in [0, 0.05) is 30.3 Å². The molecule has 26 heavy (non-hydrogen) atoms. The lowest BCUT2D eigenvalue weighted by Gasteiger charge is -2.23. The number of hydrogen-bond acceptors (Lipinski definition) is 4. The summed E-state index contributed by atoms with van der Waals surface area (Å²) in [5.74, 6) is -0.347. The molecule has 1 amide bonds. The number of para-hydroxylation sites is 1. The largest absolute Gasteiger partial charge is 0.373 e. The summed E-state index contributed by atoms with van der Waals surface area (Å²) in [6.07, 6.45) is 1.09. The molecule has 0 fully saturated rings. The summed E-state index contributed by atoms with van der Waals surface area (Å²) in [5.41, 5.74) is 1.50. The van der Waals surface area contributed by atoms with Crippen LogP contribution in [0.1, 0.15) is 0 Å². The van der Waals surface area contributed by atoms with E-state index in [1.54, 1.807) is 24.3 Å². The van der Waals surface area contributed by atoms with Crippen LogP contribution in [-0.4, -0.2) is 47.3 Å². The smallest absolute Gasteiger partial charge is 0.240 e. The van der Waals surface area contributed by atoms with Crippen LogP contribution in [0, 0.1) is 0 Å². The maximum atomic E-state index is 12.2. The van der Waals surface area contributed by atoms with E-state index in [-0.39, 0.29) is 12.5 Å². The molecule has 0 aliphatic heterocycles. The van der Waals surface area contributed by atoms with Crippen molar-refractivity contribution in [2.75, 3.05) is 42.1 Å². The monoisotopic (exact) mass is 439 g/mol. The standard InChI is InChI=1S/C18H22BrN3O3S/c1-21(16-6-4-3-5-7-16)13-12-20-18(23)14-22(26(2,24)25)17-10-8-15(19)9-11-17/h3-11H,12-14H2,1-2H3,(H,20,23). The molecule has 0 bridgehead atoms. The highest BCUT2D eigenvalue weighted by Gasteiger charge is 2.20. The SMILES string of the molecule is CN(CCNC(=O)CN(c1ccc(Br)cc1)S(C)(=O)=O)c1ccccc1. The lowest BCUT2D eigenvalue weighted by molar-refractivity contribution is -0.119. The molecule has 0 aliphatic carbocycles. The molecule has 0 atom stereocenters. The van der Waals surface area contributed by atoms with E-state index in [0.717, 1.165) is 20.7 Å². The number of hydrogen-bond donors (Lipinski definition) is 1. The van der Waals surface area contributed by atoms with Crippen molar-refractivity contribution in [1.29, 1.82) is 0 Å². The molecule has 6 nitrogen and oxygen atoms in total. The molecule has 0 aromatic heterocycles. The van der Waals surface area contributed by atoms with Gasteiger partial charge in [0.25, 0.3) is 0 Å². The van der Waals surface area contributed by atoms with Crippen LogP contribution in [-0.2, 0) is 14.8 Å². The minimum absolute atomic E-state index is 0.254. The fourth-order valence-corrected chi connectivity index (χ4v) is 3.49. The van der Waals surface area contributed by atoms with Crippen molar-refractivity contribution in [2.24, 2.45) is 0 Å². The first kappa shape index (κ1) is 20.3. The second-order valence-electron chi connectivity index (χ2n) is 5.85. The third-order valence-corrected chi connectivity index (χ3v) is 5.44. The van der Waals surface area contributed by atoms with Gasteiger partial charge in [-0.25, -0.2) is 8.42 Å². The van der Waals surface area contributed by atoms with E-state index in [0.29, 0.717) is 18.8 Å². The van der Waals surface area contributed by atoms with Crippen molar-refractivity contribution < 1.29 is 13.2 Å². The van der Waals surface area contributed by atoms with Gasteiger partial charge in [-0.05, 0) is 36.4 Å². The number of carbonyl (C=O) groups is 1. The minimum atomic E-state index is -3.56. The lowest BCUT2D eigenvalue weighted by atomic mass is 10.3. The molecule has 0 saturated carbocycles. The van der Waals surface area contributed by atoms with Crippen molar-refractivity contribution in [2.45, 2.75) is 0 Å². The van der Waals surface area contributed by atoms with Crippen molar-refractivity contribution in [3.63, 3.8) is 0 Å². The highest BCUT2D eigenvalue weighted by atomic mass is 79.9. The van der Waals surface area contributed by atoms with Gasteiger partial charge in [-0.2, -0.15) is 0 Å². The van der Waals surface area contributed by atoms with Crippen LogP contribution in [0.4, 0.5) is 11.4 Å². The molecule has 140 valence electrons. The van der Waals surface area contributed by atoms with Gasteiger partial charge in [0.15, 0.2) is 0 Å². The number of benzene rings is 2. The van der Waals surface area contributed by atoms with Crippen LogP contribution in [0.15, 0.2) is 59.1 Å². The Bertz CT molecular complexity index is 827. The van der Waals surface area contributed by atoms with Crippen molar-refractivity contribution in [3.8, 4) is 0 Å². The number of rotatable bonds is 8. The Labute approximate surface area is 163 Å². The second kappa shape index (κ2) is 9.05. The van der Waals surface area contributed by atoms with Gasteiger partial charge in [0.2, 0.25) is 15.9 Å².